The zero-order valence-corrected chi connectivity index (χ0v) is 21.4. The molecule has 0 spiro atoms. The average Bonchev–Trinajstić information content (AvgIpc) is 2.89. The standard InChI is InChI=1S/C26H37N2O5P/c1-5-14-31-34(29,32-15-6-2)33-26(25-16-20-11-13-28(25)18-19(20)7-3)22-10-12-27-24-9-8-21(30-4)17-23(22)24/h7-10,12,17,19-20,25-26H,3,5-6,11,13-16,18H2,1-2,4H3/t19-,20?,25-,26+/m0/s1. The van der Waals surface area contributed by atoms with Crippen molar-refractivity contribution in [2.24, 2.45) is 11.8 Å². The second-order valence-corrected chi connectivity index (χ2v) is 10.8. The molecular formula is C26H37N2O5P. The van der Waals surface area contributed by atoms with Crippen LogP contribution in [-0.4, -0.2) is 49.3 Å². The summed E-state index contributed by atoms with van der Waals surface area (Å²) in [5, 5.41) is 0.923. The van der Waals surface area contributed by atoms with Crippen LogP contribution in [0, 0.1) is 11.8 Å². The first kappa shape index (κ1) is 25.3. The Labute approximate surface area is 203 Å². The van der Waals surface area contributed by atoms with Gasteiger partial charge in [-0.25, -0.2) is 4.57 Å². The van der Waals surface area contributed by atoms with Crippen LogP contribution in [0.3, 0.4) is 0 Å². The number of methoxy groups -OCH3 is 1. The van der Waals surface area contributed by atoms with Crippen molar-refractivity contribution < 1.29 is 22.9 Å². The fourth-order valence-electron chi connectivity index (χ4n) is 5.19. The molecule has 2 aromatic rings. The van der Waals surface area contributed by atoms with E-state index in [1.54, 1.807) is 13.3 Å². The van der Waals surface area contributed by atoms with Gasteiger partial charge in [-0.05, 0) is 73.9 Å². The highest BCUT2D eigenvalue weighted by Gasteiger charge is 2.46. The molecule has 1 aromatic heterocycles. The van der Waals surface area contributed by atoms with E-state index >= 15 is 0 Å². The molecule has 3 aliphatic rings. The minimum atomic E-state index is -3.78. The van der Waals surface area contributed by atoms with Crippen LogP contribution < -0.4 is 4.74 Å². The molecule has 0 radical (unpaired) electrons. The number of phosphoric ester groups is 1. The summed E-state index contributed by atoms with van der Waals surface area (Å²) in [7, 11) is -2.13. The zero-order chi connectivity index (χ0) is 24.1. The summed E-state index contributed by atoms with van der Waals surface area (Å²) in [5.74, 6) is 1.75. The molecule has 4 heterocycles. The maximum Gasteiger partial charge on any atom is 0.475 e. The molecule has 8 heteroatoms. The molecule has 3 aliphatic heterocycles. The molecule has 5 atom stereocenters. The fourth-order valence-corrected chi connectivity index (χ4v) is 6.73. The van der Waals surface area contributed by atoms with E-state index in [0.29, 0.717) is 25.0 Å². The molecule has 0 amide bonds. The normalized spacial score (nSPS) is 25.4. The lowest BCUT2D eigenvalue weighted by Gasteiger charge is -2.51. The Morgan fingerprint density at radius 1 is 1.24 bits per heavy atom. The number of benzene rings is 1. The van der Waals surface area contributed by atoms with Gasteiger partial charge in [-0.1, -0.05) is 19.9 Å². The third kappa shape index (κ3) is 5.39. The fraction of sp³-hybridized carbons (Fsp3) is 0.577. The summed E-state index contributed by atoms with van der Waals surface area (Å²) in [6, 6.07) is 7.83. The minimum absolute atomic E-state index is 0.0514. The molecule has 2 unspecified atom stereocenters. The maximum absolute atomic E-state index is 13.8. The third-order valence-corrected chi connectivity index (χ3v) is 8.43. The van der Waals surface area contributed by atoms with E-state index in [4.69, 9.17) is 18.3 Å². The lowest BCUT2D eigenvalue weighted by Crippen LogP contribution is -2.55. The Kier molecular flexibility index (Phi) is 8.43. The smallest absolute Gasteiger partial charge is 0.475 e. The van der Waals surface area contributed by atoms with Crippen molar-refractivity contribution in [3.05, 3.63) is 48.7 Å². The predicted molar refractivity (Wildman–Crippen MR) is 134 cm³/mol. The van der Waals surface area contributed by atoms with Gasteiger partial charge in [0, 0.05) is 24.2 Å². The number of phosphoric acid groups is 1. The van der Waals surface area contributed by atoms with Crippen LogP contribution in [0.5, 0.6) is 5.75 Å². The molecule has 7 nitrogen and oxygen atoms in total. The highest BCUT2D eigenvalue weighted by atomic mass is 31.2. The van der Waals surface area contributed by atoms with Crippen LogP contribution in [-0.2, 0) is 18.1 Å². The number of rotatable bonds is 12. The molecule has 2 bridgehead atoms. The van der Waals surface area contributed by atoms with E-state index in [1.807, 2.05) is 38.1 Å². The Balaban J connectivity index is 1.77. The van der Waals surface area contributed by atoms with E-state index in [9.17, 15) is 4.57 Å². The zero-order valence-electron chi connectivity index (χ0n) is 20.5. The van der Waals surface area contributed by atoms with Gasteiger partial charge >= 0.3 is 7.82 Å². The topological polar surface area (TPSA) is 70.1 Å². The van der Waals surface area contributed by atoms with E-state index < -0.39 is 13.9 Å². The Bertz CT molecular complexity index is 1020. The van der Waals surface area contributed by atoms with Gasteiger partial charge < -0.3 is 4.74 Å². The first-order chi connectivity index (χ1) is 16.5. The summed E-state index contributed by atoms with van der Waals surface area (Å²) in [5.41, 5.74) is 1.77. The molecule has 3 fully saturated rings. The lowest BCUT2D eigenvalue weighted by molar-refractivity contribution is -0.0483. The van der Waals surface area contributed by atoms with Gasteiger partial charge in [0.15, 0.2) is 0 Å². The molecule has 0 saturated carbocycles. The number of pyridine rings is 1. The molecule has 3 saturated heterocycles. The van der Waals surface area contributed by atoms with Crippen LogP contribution in [0.25, 0.3) is 10.9 Å². The Morgan fingerprint density at radius 3 is 2.62 bits per heavy atom. The van der Waals surface area contributed by atoms with Crippen molar-refractivity contribution in [3.8, 4) is 5.75 Å². The maximum atomic E-state index is 13.8. The number of hydrogen-bond acceptors (Lipinski definition) is 7. The second-order valence-electron chi connectivity index (χ2n) is 9.17. The number of fused-ring (bicyclic) bond motifs is 4. The van der Waals surface area contributed by atoms with Gasteiger partial charge in [0.1, 0.15) is 11.9 Å². The highest BCUT2D eigenvalue weighted by molar-refractivity contribution is 7.48. The highest BCUT2D eigenvalue weighted by Crippen LogP contribution is 2.56. The number of nitrogens with zero attached hydrogens (tertiary/aromatic N) is 2. The monoisotopic (exact) mass is 488 g/mol. The van der Waals surface area contributed by atoms with E-state index in [-0.39, 0.29) is 6.04 Å². The summed E-state index contributed by atoms with van der Waals surface area (Å²) in [6.45, 7) is 10.6. The molecule has 1 aromatic carbocycles. The summed E-state index contributed by atoms with van der Waals surface area (Å²) >= 11 is 0. The van der Waals surface area contributed by atoms with Crippen molar-refractivity contribution in [1.29, 1.82) is 0 Å². The predicted octanol–water partition coefficient (Wildman–Crippen LogP) is 6.16. The molecule has 34 heavy (non-hydrogen) atoms. The van der Waals surface area contributed by atoms with Crippen molar-refractivity contribution >= 4 is 18.7 Å². The molecular weight excluding hydrogens is 451 g/mol. The van der Waals surface area contributed by atoms with Crippen LogP contribution in [0.15, 0.2) is 43.1 Å². The first-order valence-electron chi connectivity index (χ1n) is 12.4. The number of hydrogen-bond donors (Lipinski definition) is 0. The van der Waals surface area contributed by atoms with Crippen molar-refractivity contribution in [2.75, 3.05) is 33.4 Å². The lowest BCUT2D eigenvalue weighted by atomic mass is 9.73. The number of ether oxygens (including phenoxy) is 1. The largest absolute Gasteiger partial charge is 0.497 e. The molecule has 0 aliphatic carbocycles. The quantitative estimate of drug-likeness (QED) is 0.262. The van der Waals surface area contributed by atoms with Crippen LogP contribution in [0.4, 0.5) is 0 Å². The molecule has 5 rings (SSSR count). The number of piperidine rings is 3. The van der Waals surface area contributed by atoms with E-state index in [1.165, 1.54) is 0 Å². The van der Waals surface area contributed by atoms with Gasteiger partial charge in [0.25, 0.3) is 0 Å². The first-order valence-corrected chi connectivity index (χ1v) is 13.8. The summed E-state index contributed by atoms with van der Waals surface area (Å²) < 4.78 is 37.2. The van der Waals surface area contributed by atoms with Gasteiger partial charge in [-0.2, -0.15) is 0 Å². The average molecular weight is 489 g/mol. The SMILES string of the molecule is C=C[C@H]1CN2CCC1C[C@H]2[C@H](OP(=O)(OCCC)OCCC)c1ccnc2ccc(OC)cc12. The van der Waals surface area contributed by atoms with Crippen LogP contribution in [0.2, 0.25) is 0 Å². The van der Waals surface area contributed by atoms with Crippen LogP contribution >= 0.6 is 7.82 Å². The van der Waals surface area contributed by atoms with Crippen molar-refractivity contribution in [3.63, 3.8) is 0 Å². The Morgan fingerprint density at radius 2 is 2.00 bits per heavy atom. The minimum Gasteiger partial charge on any atom is -0.497 e. The second kappa shape index (κ2) is 11.3. The van der Waals surface area contributed by atoms with Crippen LogP contribution in [0.1, 0.15) is 51.2 Å². The Hall–Kier alpha value is -1.76. The van der Waals surface area contributed by atoms with E-state index in [0.717, 1.165) is 61.0 Å². The molecule has 0 N–H and O–H groups in total. The van der Waals surface area contributed by atoms with Gasteiger partial charge in [-0.3, -0.25) is 23.5 Å². The van der Waals surface area contributed by atoms with Crippen molar-refractivity contribution in [2.45, 2.75) is 51.7 Å². The van der Waals surface area contributed by atoms with Gasteiger partial charge in [-0.15, -0.1) is 6.58 Å². The summed E-state index contributed by atoms with van der Waals surface area (Å²) in [6.07, 6.45) is 6.90. The third-order valence-electron chi connectivity index (χ3n) is 6.94. The van der Waals surface area contributed by atoms with Crippen molar-refractivity contribution in [1.82, 2.24) is 9.88 Å². The van der Waals surface area contributed by atoms with E-state index in [2.05, 4.69) is 22.5 Å². The van der Waals surface area contributed by atoms with Gasteiger partial charge in [0.05, 0.1) is 25.8 Å². The summed E-state index contributed by atoms with van der Waals surface area (Å²) in [4.78, 5) is 7.00. The van der Waals surface area contributed by atoms with Gasteiger partial charge in [0.2, 0.25) is 0 Å². The number of aromatic nitrogens is 1. The molecule has 186 valence electrons.